The van der Waals surface area contributed by atoms with Crippen molar-refractivity contribution < 1.29 is 13.9 Å². The molecule has 22 heavy (non-hydrogen) atoms. The third-order valence-corrected chi connectivity index (χ3v) is 3.11. The normalized spacial score (nSPS) is 10.6. The molecule has 0 atom stereocenters. The number of hydrogen-bond donors (Lipinski definition) is 2. The number of fused-ring (bicyclic) bond motifs is 1. The first-order valence-corrected chi connectivity index (χ1v) is 6.86. The Morgan fingerprint density at radius 1 is 1.32 bits per heavy atom. The molecule has 3 rings (SSSR count). The summed E-state index contributed by atoms with van der Waals surface area (Å²) in [5, 5.41) is 2.73. The number of nitrogens with zero attached hydrogens (tertiary/aromatic N) is 1. The van der Waals surface area contributed by atoms with E-state index in [4.69, 9.17) is 14.9 Å². The monoisotopic (exact) mass is 297 g/mol. The van der Waals surface area contributed by atoms with Crippen molar-refractivity contribution in [1.29, 1.82) is 0 Å². The van der Waals surface area contributed by atoms with Crippen LogP contribution in [0.1, 0.15) is 17.5 Å². The molecule has 0 saturated carbocycles. The van der Waals surface area contributed by atoms with Crippen LogP contribution < -0.4 is 15.8 Å². The number of nitrogen functional groups attached to an aromatic ring is 1. The second kappa shape index (κ2) is 5.77. The van der Waals surface area contributed by atoms with Crippen LogP contribution in [0.3, 0.4) is 0 Å². The zero-order valence-corrected chi connectivity index (χ0v) is 12.0. The molecule has 3 aromatic rings. The van der Waals surface area contributed by atoms with Gasteiger partial charge in [0.05, 0.1) is 6.61 Å². The maximum Gasteiger partial charge on any atom is 0.293 e. The maximum atomic E-state index is 12.3. The van der Waals surface area contributed by atoms with Crippen molar-refractivity contribution in [3.05, 3.63) is 48.4 Å². The Labute approximate surface area is 126 Å². The van der Waals surface area contributed by atoms with E-state index in [1.54, 1.807) is 42.6 Å². The lowest BCUT2D eigenvalue weighted by molar-refractivity contribution is 0.1000. The van der Waals surface area contributed by atoms with Crippen LogP contribution in [0.4, 0.5) is 11.4 Å². The average Bonchev–Trinajstić information content (AvgIpc) is 2.87. The molecule has 0 saturated heterocycles. The molecule has 0 fully saturated rings. The van der Waals surface area contributed by atoms with Crippen molar-refractivity contribution in [3.8, 4) is 5.75 Å². The van der Waals surface area contributed by atoms with E-state index in [-0.39, 0.29) is 11.4 Å². The van der Waals surface area contributed by atoms with Crippen LogP contribution in [0, 0.1) is 0 Å². The quantitative estimate of drug-likeness (QED) is 0.772. The highest BCUT2D eigenvalue weighted by molar-refractivity contribution is 6.10. The summed E-state index contributed by atoms with van der Waals surface area (Å²) in [4.78, 5) is 16.4. The lowest BCUT2D eigenvalue weighted by Gasteiger charge is -2.06. The third kappa shape index (κ3) is 2.58. The van der Waals surface area contributed by atoms with E-state index in [2.05, 4.69) is 10.3 Å². The minimum atomic E-state index is -0.417. The molecule has 1 amide bonds. The summed E-state index contributed by atoms with van der Waals surface area (Å²) in [6.07, 6.45) is 1.60. The number of amides is 1. The number of hydrogen-bond acceptors (Lipinski definition) is 5. The van der Waals surface area contributed by atoms with Crippen LogP contribution in [0.5, 0.6) is 5.75 Å². The predicted molar refractivity (Wildman–Crippen MR) is 84.0 cm³/mol. The van der Waals surface area contributed by atoms with Gasteiger partial charge in [0.1, 0.15) is 17.0 Å². The summed E-state index contributed by atoms with van der Waals surface area (Å²) in [7, 11) is 0. The van der Waals surface area contributed by atoms with Crippen molar-refractivity contribution in [2.45, 2.75) is 6.92 Å². The van der Waals surface area contributed by atoms with Crippen LogP contribution in [-0.4, -0.2) is 17.5 Å². The van der Waals surface area contributed by atoms with E-state index in [9.17, 15) is 4.79 Å². The van der Waals surface area contributed by atoms with Gasteiger partial charge in [-0.25, -0.2) is 0 Å². The van der Waals surface area contributed by atoms with E-state index in [0.717, 1.165) is 5.75 Å². The van der Waals surface area contributed by atoms with Gasteiger partial charge in [-0.05, 0) is 43.3 Å². The molecule has 2 aromatic heterocycles. The van der Waals surface area contributed by atoms with E-state index in [1.807, 2.05) is 6.92 Å². The first-order chi connectivity index (χ1) is 10.7. The van der Waals surface area contributed by atoms with Crippen LogP contribution in [0.15, 0.2) is 47.0 Å². The minimum Gasteiger partial charge on any atom is -0.494 e. The van der Waals surface area contributed by atoms with Crippen molar-refractivity contribution in [1.82, 2.24) is 4.98 Å². The summed E-state index contributed by atoms with van der Waals surface area (Å²) in [6.45, 7) is 2.50. The average molecular weight is 297 g/mol. The van der Waals surface area contributed by atoms with E-state index in [0.29, 0.717) is 23.4 Å². The number of carbonyl (C=O) groups excluding carboxylic acids is 1. The van der Waals surface area contributed by atoms with E-state index >= 15 is 0 Å². The second-order valence-corrected chi connectivity index (χ2v) is 4.61. The lowest BCUT2D eigenvalue weighted by atomic mass is 10.2. The number of carbonyl (C=O) groups is 1. The summed E-state index contributed by atoms with van der Waals surface area (Å²) in [5.74, 6) is 0.384. The summed E-state index contributed by atoms with van der Waals surface area (Å²) in [5.41, 5.74) is 7.75. The molecule has 0 bridgehead atoms. The largest absolute Gasteiger partial charge is 0.494 e. The first-order valence-electron chi connectivity index (χ1n) is 6.86. The molecule has 0 aliphatic carbocycles. The molecule has 1 aromatic carbocycles. The van der Waals surface area contributed by atoms with Gasteiger partial charge in [-0.3, -0.25) is 9.78 Å². The Balaban J connectivity index is 1.82. The molecule has 0 spiro atoms. The van der Waals surface area contributed by atoms with Crippen molar-refractivity contribution in [2.24, 2.45) is 0 Å². The lowest BCUT2D eigenvalue weighted by Crippen LogP contribution is -2.12. The fourth-order valence-electron chi connectivity index (χ4n) is 2.11. The van der Waals surface area contributed by atoms with Crippen LogP contribution in [-0.2, 0) is 0 Å². The Morgan fingerprint density at radius 3 is 2.77 bits per heavy atom. The van der Waals surface area contributed by atoms with Crippen molar-refractivity contribution in [3.63, 3.8) is 0 Å². The molecule has 3 N–H and O–H groups in total. The van der Waals surface area contributed by atoms with Gasteiger partial charge in [0.15, 0.2) is 5.58 Å². The summed E-state index contributed by atoms with van der Waals surface area (Å²) < 4.78 is 10.8. The zero-order valence-electron chi connectivity index (χ0n) is 12.0. The minimum absolute atomic E-state index is 0.0579. The second-order valence-electron chi connectivity index (χ2n) is 4.61. The molecule has 6 heteroatoms. The molecular formula is C16H15N3O3. The van der Waals surface area contributed by atoms with Crippen LogP contribution >= 0.6 is 0 Å². The number of pyridine rings is 1. The van der Waals surface area contributed by atoms with Gasteiger partial charge in [-0.15, -0.1) is 0 Å². The van der Waals surface area contributed by atoms with Crippen molar-refractivity contribution >= 4 is 28.4 Å². The number of benzene rings is 1. The molecule has 0 unspecified atom stereocenters. The highest BCUT2D eigenvalue weighted by Crippen LogP contribution is 2.27. The topological polar surface area (TPSA) is 90.4 Å². The van der Waals surface area contributed by atoms with E-state index in [1.165, 1.54) is 0 Å². The third-order valence-electron chi connectivity index (χ3n) is 3.11. The van der Waals surface area contributed by atoms with Crippen LogP contribution in [0.25, 0.3) is 11.1 Å². The van der Waals surface area contributed by atoms with Gasteiger partial charge in [-0.2, -0.15) is 0 Å². The van der Waals surface area contributed by atoms with Gasteiger partial charge in [0, 0.05) is 11.9 Å². The van der Waals surface area contributed by atoms with Gasteiger partial charge in [0.25, 0.3) is 5.91 Å². The van der Waals surface area contributed by atoms with E-state index < -0.39 is 5.91 Å². The number of nitrogens with one attached hydrogen (secondary N) is 1. The SMILES string of the molecule is CCOc1ccc(NC(=O)c2oc3cccnc3c2N)cc1. The molecule has 112 valence electrons. The Hall–Kier alpha value is -3.02. The summed E-state index contributed by atoms with van der Waals surface area (Å²) >= 11 is 0. The molecule has 2 heterocycles. The number of anilines is 2. The Bertz CT molecular complexity index is 809. The fraction of sp³-hybridized carbons (Fsp3) is 0.125. The maximum absolute atomic E-state index is 12.3. The van der Waals surface area contributed by atoms with Gasteiger partial charge >= 0.3 is 0 Å². The van der Waals surface area contributed by atoms with Crippen LogP contribution in [0.2, 0.25) is 0 Å². The number of aromatic nitrogens is 1. The summed E-state index contributed by atoms with van der Waals surface area (Å²) in [6, 6.07) is 10.5. The van der Waals surface area contributed by atoms with Crippen molar-refractivity contribution in [2.75, 3.05) is 17.7 Å². The first kappa shape index (κ1) is 13.9. The number of rotatable bonds is 4. The zero-order chi connectivity index (χ0) is 15.5. The van der Waals surface area contributed by atoms with Gasteiger partial charge in [-0.1, -0.05) is 0 Å². The highest BCUT2D eigenvalue weighted by atomic mass is 16.5. The van der Waals surface area contributed by atoms with Gasteiger partial charge in [0.2, 0.25) is 5.76 Å². The highest BCUT2D eigenvalue weighted by Gasteiger charge is 2.19. The standard InChI is InChI=1S/C16H15N3O3/c1-2-21-11-7-5-10(6-8-11)19-16(20)15-13(17)14-12(22-15)4-3-9-18-14/h3-9H,2,17H2,1H3,(H,19,20). The predicted octanol–water partition coefficient (Wildman–Crippen LogP) is 3.06. The molecule has 0 aliphatic rings. The Kier molecular flexibility index (Phi) is 3.65. The van der Waals surface area contributed by atoms with Gasteiger partial charge < -0.3 is 20.2 Å². The Morgan fingerprint density at radius 2 is 2.09 bits per heavy atom. The molecule has 0 aliphatic heterocycles. The smallest absolute Gasteiger partial charge is 0.293 e. The number of furan rings is 1. The molecule has 0 radical (unpaired) electrons. The molecular weight excluding hydrogens is 282 g/mol. The number of ether oxygens (including phenoxy) is 1. The molecule has 6 nitrogen and oxygen atoms in total. The number of nitrogens with two attached hydrogens (primary N) is 1. The fourth-order valence-corrected chi connectivity index (χ4v) is 2.11.